The summed E-state index contributed by atoms with van der Waals surface area (Å²) in [4.78, 5) is 2.58. The topological polar surface area (TPSA) is 38.5 Å². The van der Waals surface area contributed by atoms with E-state index in [1.807, 2.05) is 12.1 Å². The quantitative estimate of drug-likeness (QED) is 0.732. The zero-order valence-corrected chi connectivity index (χ0v) is 13.6. The Bertz CT molecular complexity index is 400. The van der Waals surface area contributed by atoms with Crippen molar-refractivity contribution in [3.8, 4) is 5.75 Å². The van der Waals surface area contributed by atoms with Crippen LogP contribution in [-0.2, 0) is 6.54 Å². The number of nitrogen functional groups attached to an aromatic ring is 1. The Hall–Kier alpha value is -1.22. The highest BCUT2D eigenvalue weighted by Crippen LogP contribution is 2.24. The Morgan fingerprint density at radius 1 is 1.20 bits per heavy atom. The molecule has 1 aromatic carbocycles. The number of rotatable bonds is 8. The summed E-state index contributed by atoms with van der Waals surface area (Å²) in [6, 6.07) is 6.76. The van der Waals surface area contributed by atoms with Crippen LogP contribution in [0.15, 0.2) is 18.2 Å². The molecule has 0 aliphatic carbocycles. The van der Waals surface area contributed by atoms with E-state index in [0.717, 1.165) is 24.5 Å². The summed E-state index contributed by atoms with van der Waals surface area (Å²) in [6.45, 7) is 11.2. The zero-order chi connectivity index (χ0) is 15.1. The largest absolute Gasteiger partial charge is 0.495 e. The minimum Gasteiger partial charge on any atom is -0.495 e. The number of nitrogens with two attached hydrogens (primary N) is 1. The van der Waals surface area contributed by atoms with Gasteiger partial charge in [-0.25, -0.2) is 0 Å². The van der Waals surface area contributed by atoms with Crippen molar-refractivity contribution in [2.45, 2.75) is 53.1 Å². The van der Waals surface area contributed by atoms with E-state index in [0.29, 0.717) is 12.0 Å². The lowest BCUT2D eigenvalue weighted by atomic mass is 10.1. The van der Waals surface area contributed by atoms with Crippen molar-refractivity contribution >= 4 is 5.69 Å². The second kappa shape index (κ2) is 8.15. The van der Waals surface area contributed by atoms with Gasteiger partial charge in [-0.2, -0.15) is 0 Å². The van der Waals surface area contributed by atoms with Crippen molar-refractivity contribution in [1.82, 2.24) is 4.90 Å². The highest BCUT2D eigenvalue weighted by atomic mass is 16.5. The van der Waals surface area contributed by atoms with Crippen molar-refractivity contribution in [3.63, 3.8) is 0 Å². The van der Waals surface area contributed by atoms with Crippen LogP contribution < -0.4 is 10.5 Å². The first-order valence-electron chi connectivity index (χ1n) is 7.68. The molecule has 2 N–H and O–H groups in total. The molecule has 114 valence electrons. The van der Waals surface area contributed by atoms with E-state index in [-0.39, 0.29) is 0 Å². The van der Waals surface area contributed by atoms with Gasteiger partial charge in [0.1, 0.15) is 5.75 Å². The molecule has 0 radical (unpaired) electrons. The fraction of sp³-hybridized carbons (Fsp3) is 0.647. The van der Waals surface area contributed by atoms with Gasteiger partial charge in [-0.15, -0.1) is 0 Å². The van der Waals surface area contributed by atoms with Crippen LogP contribution in [-0.4, -0.2) is 24.6 Å². The summed E-state index contributed by atoms with van der Waals surface area (Å²) in [5.74, 6) is 1.43. The third-order valence-corrected chi connectivity index (χ3v) is 3.74. The molecule has 0 atom stereocenters. The van der Waals surface area contributed by atoms with E-state index in [1.54, 1.807) is 7.11 Å². The van der Waals surface area contributed by atoms with Crippen LogP contribution in [0.5, 0.6) is 5.75 Å². The van der Waals surface area contributed by atoms with Gasteiger partial charge >= 0.3 is 0 Å². The molecule has 0 saturated heterocycles. The van der Waals surface area contributed by atoms with Crippen LogP contribution in [0.2, 0.25) is 0 Å². The van der Waals surface area contributed by atoms with Gasteiger partial charge in [-0.1, -0.05) is 33.8 Å². The zero-order valence-electron chi connectivity index (χ0n) is 13.6. The molecule has 3 nitrogen and oxygen atoms in total. The predicted molar refractivity (Wildman–Crippen MR) is 87.0 cm³/mol. The van der Waals surface area contributed by atoms with Gasteiger partial charge in [0.2, 0.25) is 0 Å². The lowest BCUT2D eigenvalue weighted by Crippen LogP contribution is -2.36. The number of anilines is 1. The number of methoxy groups -OCH3 is 1. The van der Waals surface area contributed by atoms with Gasteiger partial charge in [0.05, 0.1) is 12.8 Å². The number of hydrogen-bond acceptors (Lipinski definition) is 3. The van der Waals surface area contributed by atoms with E-state index in [9.17, 15) is 0 Å². The SMILES string of the molecule is CCC(CC)N(Cc1ccc(OC)c(N)c1)CC(C)C. The Balaban J connectivity index is 2.85. The van der Waals surface area contributed by atoms with Crippen molar-refractivity contribution < 1.29 is 4.74 Å². The molecule has 0 aliphatic heterocycles. The first-order valence-corrected chi connectivity index (χ1v) is 7.68. The first kappa shape index (κ1) is 16.8. The van der Waals surface area contributed by atoms with Crippen molar-refractivity contribution in [1.29, 1.82) is 0 Å². The Kier molecular flexibility index (Phi) is 6.86. The predicted octanol–water partition coefficient (Wildman–Crippen LogP) is 3.92. The average Bonchev–Trinajstić information content (AvgIpc) is 2.39. The lowest BCUT2D eigenvalue weighted by Gasteiger charge is -2.32. The summed E-state index contributed by atoms with van der Waals surface area (Å²) >= 11 is 0. The third kappa shape index (κ3) is 4.71. The van der Waals surface area contributed by atoms with Crippen molar-refractivity contribution in [2.24, 2.45) is 5.92 Å². The van der Waals surface area contributed by atoms with Crippen molar-refractivity contribution in [3.05, 3.63) is 23.8 Å². The smallest absolute Gasteiger partial charge is 0.141 e. The maximum Gasteiger partial charge on any atom is 0.141 e. The van der Waals surface area contributed by atoms with Gasteiger partial charge in [-0.3, -0.25) is 4.90 Å². The molecule has 20 heavy (non-hydrogen) atoms. The maximum atomic E-state index is 6.01. The fourth-order valence-corrected chi connectivity index (χ4v) is 2.73. The van der Waals surface area contributed by atoms with Gasteiger partial charge in [-0.05, 0) is 36.5 Å². The summed E-state index contributed by atoms with van der Waals surface area (Å²) in [5, 5.41) is 0. The molecule has 0 heterocycles. The molecule has 1 rings (SSSR count). The second-order valence-electron chi connectivity index (χ2n) is 5.87. The van der Waals surface area contributed by atoms with E-state index < -0.39 is 0 Å². The Labute approximate surface area is 124 Å². The highest BCUT2D eigenvalue weighted by Gasteiger charge is 2.17. The minimum absolute atomic E-state index is 0.640. The summed E-state index contributed by atoms with van der Waals surface area (Å²) in [7, 11) is 1.65. The summed E-state index contributed by atoms with van der Waals surface area (Å²) < 4.78 is 5.22. The number of hydrogen-bond donors (Lipinski definition) is 1. The molecule has 0 amide bonds. The number of ether oxygens (including phenoxy) is 1. The molecular formula is C17H30N2O. The monoisotopic (exact) mass is 278 g/mol. The minimum atomic E-state index is 0.640. The van der Waals surface area contributed by atoms with E-state index in [2.05, 4.69) is 38.7 Å². The van der Waals surface area contributed by atoms with E-state index >= 15 is 0 Å². The first-order chi connectivity index (χ1) is 9.51. The molecule has 1 aromatic rings. The van der Waals surface area contributed by atoms with E-state index in [4.69, 9.17) is 10.5 Å². The number of nitrogens with zero attached hydrogens (tertiary/aromatic N) is 1. The molecule has 0 aliphatic rings. The molecule has 0 saturated carbocycles. The van der Waals surface area contributed by atoms with Gasteiger partial charge in [0, 0.05) is 19.1 Å². The Morgan fingerprint density at radius 3 is 2.30 bits per heavy atom. The van der Waals surface area contributed by atoms with Crippen LogP contribution in [0.4, 0.5) is 5.69 Å². The third-order valence-electron chi connectivity index (χ3n) is 3.74. The van der Waals surface area contributed by atoms with Crippen LogP contribution in [0.3, 0.4) is 0 Å². The van der Waals surface area contributed by atoms with Gasteiger partial charge in [0.15, 0.2) is 0 Å². The standard InChI is InChI=1S/C17H30N2O/c1-6-15(7-2)19(11-13(3)4)12-14-8-9-17(20-5)16(18)10-14/h8-10,13,15H,6-7,11-12,18H2,1-5H3. The van der Waals surface area contributed by atoms with Gasteiger partial charge in [0.25, 0.3) is 0 Å². The highest BCUT2D eigenvalue weighted by molar-refractivity contribution is 5.54. The van der Waals surface area contributed by atoms with Gasteiger partial charge < -0.3 is 10.5 Å². The Morgan fingerprint density at radius 2 is 1.85 bits per heavy atom. The lowest BCUT2D eigenvalue weighted by molar-refractivity contribution is 0.157. The normalized spacial score (nSPS) is 11.6. The maximum absolute atomic E-state index is 6.01. The number of benzene rings is 1. The summed E-state index contributed by atoms with van der Waals surface area (Å²) in [5.41, 5.74) is 7.99. The fourth-order valence-electron chi connectivity index (χ4n) is 2.73. The molecule has 0 unspecified atom stereocenters. The van der Waals surface area contributed by atoms with Crippen LogP contribution in [0.1, 0.15) is 46.1 Å². The van der Waals surface area contributed by atoms with Crippen LogP contribution >= 0.6 is 0 Å². The molecule has 0 aromatic heterocycles. The molecule has 3 heteroatoms. The van der Waals surface area contributed by atoms with E-state index in [1.165, 1.54) is 18.4 Å². The molecule has 0 bridgehead atoms. The average molecular weight is 278 g/mol. The van der Waals surface area contributed by atoms with Crippen molar-refractivity contribution in [2.75, 3.05) is 19.4 Å². The second-order valence-corrected chi connectivity index (χ2v) is 5.87. The molecular weight excluding hydrogens is 248 g/mol. The molecule has 0 fully saturated rings. The van der Waals surface area contributed by atoms with Crippen LogP contribution in [0, 0.1) is 5.92 Å². The van der Waals surface area contributed by atoms with Crippen LogP contribution in [0.25, 0.3) is 0 Å². The molecule has 0 spiro atoms. The summed E-state index contributed by atoms with van der Waals surface area (Å²) in [6.07, 6.45) is 2.38.